The molecule has 0 bridgehead atoms. The summed E-state index contributed by atoms with van der Waals surface area (Å²) in [5.74, 6) is -0.782. The van der Waals surface area contributed by atoms with Gasteiger partial charge in [-0.1, -0.05) is 102 Å². The van der Waals surface area contributed by atoms with Crippen LogP contribution in [0.2, 0.25) is 0 Å². The number of carbonyl (C=O) groups excluding carboxylic acids is 2. The zero-order valence-corrected chi connectivity index (χ0v) is 26.7. The molecule has 0 saturated carbocycles. The molecule has 9 heteroatoms. The van der Waals surface area contributed by atoms with Gasteiger partial charge in [0.25, 0.3) is 10.0 Å². The van der Waals surface area contributed by atoms with E-state index in [2.05, 4.69) is 21.2 Å². The Kier molecular flexibility index (Phi) is 11.1. The van der Waals surface area contributed by atoms with Crippen LogP contribution in [0.15, 0.2) is 125 Å². The second-order valence-corrected chi connectivity index (χ2v) is 13.1. The third kappa shape index (κ3) is 8.55. The third-order valence-electron chi connectivity index (χ3n) is 7.19. The van der Waals surface area contributed by atoms with Crippen molar-refractivity contribution >= 4 is 43.5 Å². The van der Waals surface area contributed by atoms with Crippen molar-refractivity contribution in [2.75, 3.05) is 10.8 Å². The molecule has 1 N–H and O–H groups in total. The van der Waals surface area contributed by atoms with Gasteiger partial charge in [-0.05, 0) is 60.9 Å². The topological polar surface area (TPSA) is 86.8 Å². The normalized spacial score (nSPS) is 12.6. The molecule has 2 unspecified atom stereocenters. The summed E-state index contributed by atoms with van der Waals surface area (Å²) in [6.45, 7) is 3.54. The number of anilines is 1. The highest BCUT2D eigenvalue weighted by Gasteiger charge is 2.34. The van der Waals surface area contributed by atoms with Gasteiger partial charge in [-0.25, -0.2) is 8.42 Å². The molecule has 2 amide bonds. The minimum absolute atomic E-state index is 0.0654. The molecular formula is C34H36BrN3O4S. The van der Waals surface area contributed by atoms with Crippen molar-refractivity contribution in [2.45, 2.75) is 50.2 Å². The van der Waals surface area contributed by atoms with Gasteiger partial charge < -0.3 is 10.2 Å². The molecule has 0 aliphatic rings. The summed E-state index contributed by atoms with van der Waals surface area (Å²) < 4.78 is 29.8. The van der Waals surface area contributed by atoms with Gasteiger partial charge in [0.1, 0.15) is 12.6 Å². The molecule has 2 atom stereocenters. The van der Waals surface area contributed by atoms with E-state index in [4.69, 9.17) is 0 Å². The Hall–Kier alpha value is -3.95. The van der Waals surface area contributed by atoms with E-state index in [9.17, 15) is 18.0 Å². The van der Waals surface area contributed by atoms with Crippen LogP contribution in [0.4, 0.5) is 5.69 Å². The Labute approximate surface area is 262 Å². The average molecular weight is 663 g/mol. The van der Waals surface area contributed by atoms with Crippen LogP contribution in [0.5, 0.6) is 0 Å². The van der Waals surface area contributed by atoms with Crippen molar-refractivity contribution < 1.29 is 18.0 Å². The molecule has 7 nitrogen and oxygen atoms in total. The summed E-state index contributed by atoms with van der Waals surface area (Å²) >= 11 is 3.41. The number of rotatable bonds is 13. The highest BCUT2D eigenvalue weighted by Crippen LogP contribution is 2.26. The number of hydrogen-bond acceptors (Lipinski definition) is 4. The third-order valence-corrected chi connectivity index (χ3v) is 9.51. The van der Waals surface area contributed by atoms with Gasteiger partial charge in [-0.2, -0.15) is 0 Å². The Morgan fingerprint density at radius 2 is 1.33 bits per heavy atom. The molecule has 0 spiro atoms. The SMILES string of the molecule is CCC(C)NC(=O)C(Cc1ccccc1)N(Cc1ccccc1)C(=O)CN(c1ccc(Br)cc1)S(=O)(=O)c1ccccc1. The molecule has 0 aliphatic carbocycles. The summed E-state index contributed by atoms with van der Waals surface area (Å²) in [6.07, 6.45) is 0.995. The van der Waals surface area contributed by atoms with E-state index >= 15 is 0 Å². The van der Waals surface area contributed by atoms with Crippen molar-refractivity contribution in [2.24, 2.45) is 0 Å². The Bertz CT molecular complexity index is 1590. The average Bonchev–Trinajstić information content (AvgIpc) is 3.03. The van der Waals surface area contributed by atoms with Crippen LogP contribution in [-0.2, 0) is 32.6 Å². The number of halogens is 1. The molecule has 0 aliphatic heterocycles. The van der Waals surface area contributed by atoms with Crippen LogP contribution in [0.1, 0.15) is 31.4 Å². The lowest BCUT2D eigenvalue weighted by molar-refractivity contribution is -0.140. The minimum Gasteiger partial charge on any atom is -0.352 e. The van der Waals surface area contributed by atoms with Gasteiger partial charge in [-0.3, -0.25) is 13.9 Å². The Morgan fingerprint density at radius 1 is 0.791 bits per heavy atom. The van der Waals surface area contributed by atoms with Gasteiger partial charge in [0.05, 0.1) is 10.6 Å². The first-order valence-electron chi connectivity index (χ1n) is 14.2. The number of benzene rings is 4. The molecule has 0 aromatic heterocycles. The first-order valence-corrected chi connectivity index (χ1v) is 16.4. The maximum atomic E-state index is 14.4. The van der Waals surface area contributed by atoms with Crippen LogP contribution < -0.4 is 9.62 Å². The van der Waals surface area contributed by atoms with E-state index in [1.165, 1.54) is 17.0 Å². The Balaban J connectivity index is 1.78. The molecule has 4 aromatic rings. The van der Waals surface area contributed by atoms with Crippen molar-refractivity contribution in [1.29, 1.82) is 0 Å². The fourth-order valence-electron chi connectivity index (χ4n) is 4.63. The smallest absolute Gasteiger partial charge is 0.264 e. The molecule has 0 radical (unpaired) electrons. The second-order valence-electron chi connectivity index (χ2n) is 10.3. The molecule has 0 heterocycles. The number of nitrogens with one attached hydrogen (secondary N) is 1. The van der Waals surface area contributed by atoms with E-state index in [1.807, 2.05) is 74.5 Å². The standard InChI is InChI=1S/C34H36BrN3O4S/c1-3-26(2)36-34(40)32(23-27-13-7-4-8-14-27)37(24-28-15-9-5-10-16-28)33(39)25-38(30-21-19-29(35)20-22-30)43(41,42)31-17-11-6-12-18-31/h4-22,26,32H,3,23-25H2,1-2H3,(H,36,40). The molecule has 0 saturated heterocycles. The van der Waals surface area contributed by atoms with Crippen molar-refractivity contribution in [3.05, 3.63) is 131 Å². The number of amides is 2. The summed E-state index contributed by atoms with van der Waals surface area (Å²) in [5, 5.41) is 3.05. The van der Waals surface area contributed by atoms with Gasteiger partial charge in [0, 0.05) is 23.5 Å². The summed E-state index contributed by atoms with van der Waals surface area (Å²) in [6, 6.07) is 32.7. The number of sulfonamides is 1. The number of nitrogens with zero attached hydrogens (tertiary/aromatic N) is 2. The lowest BCUT2D eigenvalue weighted by Crippen LogP contribution is -2.54. The van der Waals surface area contributed by atoms with Gasteiger partial charge in [0.2, 0.25) is 11.8 Å². The largest absolute Gasteiger partial charge is 0.352 e. The molecule has 4 rings (SSSR count). The number of carbonyl (C=O) groups is 2. The Morgan fingerprint density at radius 3 is 1.88 bits per heavy atom. The van der Waals surface area contributed by atoms with Crippen LogP contribution >= 0.6 is 15.9 Å². The van der Waals surface area contributed by atoms with E-state index in [0.717, 1.165) is 26.3 Å². The van der Waals surface area contributed by atoms with Crippen molar-refractivity contribution in [3.8, 4) is 0 Å². The van der Waals surface area contributed by atoms with Crippen molar-refractivity contribution in [3.63, 3.8) is 0 Å². The van der Waals surface area contributed by atoms with E-state index in [0.29, 0.717) is 5.69 Å². The molecular weight excluding hydrogens is 626 g/mol. The summed E-state index contributed by atoms with van der Waals surface area (Å²) in [4.78, 5) is 29.8. The predicted octanol–water partition coefficient (Wildman–Crippen LogP) is 6.20. The maximum absolute atomic E-state index is 14.4. The first kappa shape index (κ1) is 32.0. The second kappa shape index (κ2) is 15.0. The van der Waals surface area contributed by atoms with Gasteiger partial charge in [-0.15, -0.1) is 0 Å². The first-order chi connectivity index (χ1) is 20.7. The molecule has 4 aromatic carbocycles. The van der Waals surface area contributed by atoms with Crippen LogP contribution in [0.25, 0.3) is 0 Å². The molecule has 43 heavy (non-hydrogen) atoms. The zero-order chi connectivity index (χ0) is 30.8. The lowest BCUT2D eigenvalue weighted by Gasteiger charge is -2.34. The maximum Gasteiger partial charge on any atom is 0.264 e. The zero-order valence-electron chi connectivity index (χ0n) is 24.3. The lowest BCUT2D eigenvalue weighted by atomic mass is 10.0. The highest BCUT2D eigenvalue weighted by atomic mass is 79.9. The quantitative estimate of drug-likeness (QED) is 0.185. The van der Waals surface area contributed by atoms with Crippen LogP contribution in [0.3, 0.4) is 0 Å². The monoisotopic (exact) mass is 661 g/mol. The van der Waals surface area contributed by atoms with Crippen LogP contribution in [0, 0.1) is 0 Å². The fraction of sp³-hybridized carbons (Fsp3) is 0.235. The fourth-order valence-corrected chi connectivity index (χ4v) is 6.33. The van der Waals surface area contributed by atoms with E-state index < -0.39 is 28.5 Å². The summed E-state index contributed by atoms with van der Waals surface area (Å²) in [7, 11) is -4.13. The number of hydrogen-bond donors (Lipinski definition) is 1. The summed E-state index contributed by atoms with van der Waals surface area (Å²) in [5.41, 5.74) is 2.05. The molecule has 0 fully saturated rings. The predicted molar refractivity (Wildman–Crippen MR) is 174 cm³/mol. The minimum atomic E-state index is -4.13. The van der Waals surface area contributed by atoms with Crippen LogP contribution in [-0.4, -0.2) is 43.8 Å². The van der Waals surface area contributed by atoms with E-state index in [-0.39, 0.29) is 29.8 Å². The highest BCUT2D eigenvalue weighted by molar-refractivity contribution is 9.10. The van der Waals surface area contributed by atoms with Gasteiger partial charge in [0.15, 0.2) is 0 Å². The molecule has 224 valence electrons. The van der Waals surface area contributed by atoms with Gasteiger partial charge >= 0.3 is 0 Å². The van der Waals surface area contributed by atoms with E-state index in [1.54, 1.807) is 42.5 Å². The van der Waals surface area contributed by atoms with Crippen molar-refractivity contribution in [1.82, 2.24) is 10.2 Å².